The molecular weight excluding hydrogens is 337 g/mol. The number of nitrogens with zero attached hydrogens (tertiary/aromatic N) is 3. The zero-order valence-corrected chi connectivity index (χ0v) is 14.3. The maximum atomic E-state index is 12.3. The number of benzene rings is 1. The van der Waals surface area contributed by atoms with Crippen LogP contribution in [-0.2, 0) is 6.54 Å². The van der Waals surface area contributed by atoms with Gasteiger partial charge < -0.3 is 9.42 Å². The van der Waals surface area contributed by atoms with E-state index < -0.39 is 0 Å². The summed E-state index contributed by atoms with van der Waals surface area (Å²) in [4.78, 5) is 16.4. The van der Waals surface area contributed by atoms with Crippen molar-refractivity contribution in [3.05, 3.63) is 51.3 Å². The Balaban J connectivity index is 1.59. The molecule has 2 aromatic rings. The van der Waals surface area contributed by atoms with Gasteiger partial charge in [0, 0.05) is 54.4 Å². The molecule has 1 aliphatic heterocycles. The van der Waals surface area contributed by atoms with Gasteiger partial charge in [0.1, 0.15) is 5.76 Å². The van der Waals surface area contributed by atoms with Crippen molar-refractivity contribution < 1.29 is 9.32 Å². The van der Waals surface area contributed by atoms with Crippen molar-refractivity contribution >= 4 is 29.1 Å². The number of aryl methyl sites for hydroxylation is 1. The molecule has 122 valence electrons. The Labute approximate surface area is 144 Å². The number of rotatable bonds is 3. The first-order chi connectivity index (χ1) is 11.0. The van der Waals surface area contributed by atoms with Gasteiger partial charge in [-0.15, -0.1) is 0 Å². The lowest BCUT2D eigenvalue weighted by Gasteiger charge is -2.34. The third-order valence-electron chi connectivity index (χ3n) is 3.95. The van der Waals surface area contributed by atoms with Crippen molar-refractivity contribution in [2.45, 2.75) is 13.5 Å². The van der Waals surface area contributed by atoms with Crippen LogP contribution < -0.4 is 0 Å². The molecule has 1 saturated heterocycles. The van der Waals surface area contributed by atoms with Gasteiger partial charge >= 0.3 is 0 Å². The van der Waals surface area contributed by atoms with Gasteiger partial charge in [0.15, 0.2) is 5.69 Å². The maximum absolute atomic E-state index is 12.3. The van der Waals surface area contributed by atoms with Crippen molar-refractivity contribution in [1.29, 1.82) is 0 Å². The predicted molar refractivity (Wildman–Crippen MR) is 88.9 cm³/mol. The monoisotopic (exact) mass is 353 g/mol. The quantitative estimate of drug-likeness (QED) is 0.849. The lowest BCUT2D eigenvalue weighted by molar-refractivity contribution is 0.0618. The van der Waals surface area contributed by atoms with Crippen LogP contribution in [0.3, 0.4) is 0 Å². The Hall–Kier alpha value is -1.56. The Morgan fingerprint density at radius 1 is 1.22 bits per heavy atom. The molecule has 0 unspecified atom stereocenters. The van der Waals surface area contributed by atoms with E-state index in [0.717, 1.165) is 18.7 Å². The van der Waals surface area contributed by atoms with Crippen LogP contribution in [-0.4, -0.2) is 47.0 Å². The number of hydrogen-bond acceptors (Lipinski definition) is 4. The zero-order valence-electron chi connectivity index (χ0n) is 12.8. The molecule has 7 heteroatoms. The molecule has 0 spiro atoms. The Morgan fingerprint density at radius 2 is 1.87 bits per heavy atom. The fourth-order valence-electron chi connectivity index (χ4n) is 2.65. The third kappa shape index (κ3) is 3.68. The average molecular weight is 354 g/mol. The third-order valence-corrected chi connectivity index (χ3v) is 4.66. The van der Waals surface area contributed by atoms with Crippen molar-refractivity contribution in [2.75, 3.05) is 26.2 Å². The summed E-state index contributed by atoms with van der Waals surface area (Å²) in [5, 5.41) is 5.14. The molecule has 3 rings (SSSR count). The summed E-state index contributed by atoms with van der Waals surface area (Å²) < 4.78 is 4.97. The number of halogens is 2. The van der Waals surface area contributed by atoms with Crippen LogP contribution in [0.15, 0.2) is 28.8 Å². The van der Waals surface area contributed by atoms with Crippen molar-refractivity contribution in [3.63, 3.8) is 0 Å². The van der Waals surface area contributed by atoms with Crippen LogP contribution in [0.5, 0.6) is 0 Å². The van der Waals surface area contributed by atoms with Gasteiger partial charge in [0.2, 0.25) is 0 Å². The maximum Gasteiger partial charge on any atom is 0.276 e. The highest BCUT2D eigenvalue weighted by Gasteiger charge is 2.24. The van der Waals surface area contributed by atoms with Crippen LogP contribution in [0.2, 0.25) is 10.0 Å². The number of piperazine rings is 1. The minimum atomic E-state index is -0.0859. The van der Waals surface area contributed by atoms with Gasteiger partial charge in [-0.1, -0.05) is 34.4 Å². The van der Waals surface area contributed by atoms with Gasteiger partial charge in [-0.05, 0) is 19.1 Å². The van der Waals surface area contributed by atoms with E-state index in [1.165, 1.54) is 0 Å². The highest BCUT2D eigenvalue weighted by Crippen LogP contribution is 2.26. The summed E-state index contributed by atoms with van der Waals surface area (Å²) in [5.74, 6) is 0.553. The molecule has 0 saturated carbocycles. The summed E-state index contributed by atoms with van der Waals surface area (Å²) >= 11 is 12.4. The van der Waals surface area contributed by atoms with Crippen LogP contribution in [0, 0.1) is 6.92 Å². The summed E-state index contributed by atoms with van der Waals surface area (Å²) in [7, 11) is 0. The first kappa shape index (κ1) is 16.3. The first-order valence-electron chi connectivity index (χ1n) is 7.42. The lowest BCUT2D eigenvalue weighted by atomic mass is 10.2. The molecule has 2 heterocycles. The molecule has 1 fully saturated rings. The molecule has 0 radical (unpaired) electrons. The topological polar surface area (TPSA) is 49.6 Å². The van der Waals surface area contributed by atoms with E-state index in [1.54, 1.807) is 17.9 Å². The molecule has 0 aliphatic carbocycles. The fourth-order valence-corrected chi connectivity index (χ4v) is 3.16. The zero-order chi connectivity index (χ0) is 16.4. The number of carbonyl (C=O) groups is 1. The highest BCUT2D eigenvalue weighted by atomic mass is 35.5. The molecule has 23 heavy (non-hydrogen) atoms. The Morgan fingerprint density at radius 3 is 2.43 bits per heavy atom. The molecule has 0 bridgehead atoms. The summed E-state index contributed by atoms with van der Waals surface area (Å²) in [5.41, 5.74) is 1.30. The number of amides is 1. The molecule has 1 aromatic carbocycles. The SMILES string of the molecule is Cc1cc(C(=O)N2CCN(Cc3c(Cl)cccc3Cl)CC2)no1. The lowest BCUT2D eigenvalue weighted by Crippen LogP contribution is -2.48. The van der Waals surface area contributed by atoms with E-state index in [4.69, 9.17) is 27.7 Å². The minimum absolute atomic E-state index is 0.0859. The van der Waals surface area contributed by atoms with E-state index >= 15 is 0 Å². The molecule has 1 aliphatic rings. The van der Waals surface area contributed by atoms with Crippen molar-refractivity contribution in [2.24, 2.45) is 0 Å². The number of carbonyl (C=O) groups excluding carboxylic acids is 1. The van der Waals surface area contributed by atoms with Crippen molar-refractivity contribution in [1.82, 2.24) is 15.0 Å². The van der Waals surface area contributed by atoms with E-state index in [-0.39, 0.29) is 5.91 Å². The van der Waals surface area contributed by atoms with Crippen LogP contribution in [0.1, 0.15) is 21.8 Å². The largest absolute Gasteiger partial charge is 0.361 e. The highest BCUT2D eigenvalue weighted by molar-refractivity contribution is 6.35. The smallest absolute Gasteiger partial charge is 0.276 e. The van der Waals surface area contributed by atoms with Gasteiger partial charge in [0.05, 0.1) is 0 Å². The second kappa shape index (κ2) is 6.91. The number of hydrogen-bond donors (Lipinski definition) is 0. The second-order valence-corrected chi connectivity index (χ2v) is 6.41. The van der Waals surface area contributed by atoms with Crippen LogP contribution in [0.4, 0.5) is 0 Å². The van der Waals surface area contributed by atoms with Crippen LogP contribution >= 0.6 is 23.2 Å². The first-order valence-corrected chi connectivity index (χ1v) is 8.18. The van der Waals surface area contributed by atoms with E-state index in [0.29, 0.717) is 41.1 Å². The minimum Gasteiger partial charge on any atom is -0.361 e. The molecule has 1 amide bonds. The summed E-state index contributed by atoms with van der Waals surface area (Å²) in [6, 6.07) is 7.19. The standard InChI is InChI=1S/C16H17Cl2N3O2/c1-11-9-15(19-23-11)16(22)21-7-5-20(6-8-21)10-12-13(17)3-2-4-14(12)18/h2-4,9H,5-8,10H2,1H3. The normalized spacial score (nSPS) is 15.9. The Bertz CT molecular complexity index is 689. The Kier molecular flexibility index (Phi) is 4.90. The summed E-state index contributed by atoms with van der Waals surface area (Å²) in [6.45, 7) is 5.28. The molecular formula is C16H17Cl2N3O2. The van der Waals surface area contributed by atoms with Crippen LogP contribution in [0.25, 0.3) is 0 Å². The molecule has 0 N–H and O–H groups in total. The van der Waals surface area contributed by atoms with E-state index in [9.17, 15) is 4.79 Å². The molecule has 0 atom stereocenters. The van der Waals surface area contributed by atoms with Gasteiger partial charge in [-0.3, -0.25) is 9.69 Å². The summed E-state index contributed by atoms with van der Waals surface area (Å²) in [6.07, 6.45) is 0. The number of aromatic nitrogens is 1. The fraction of sp³-hybridized carbons (Fsp3) is 0.375. The second-order valence-electron chi connectivity index (χ2n) is 5.59. The van der Waals surface area contributed by atoms with E-state index in [2.05, 4.69) is 10.1 Å². The van der Waals surface area contributed by atoms with Gasteiger partial charge in [-0.2, -0.15) is 0 Å². The molecule has 1 aromatic heterocycles. The van der Waals surface area contributed by atoms with Crippen molar-refractivity contribution in [3.8, 4) is 0 Å². The van der Waals surface area contributed by atoms with Gasteiger partial charge in [-0.25, -0.2) is 0 Å². The van der Waals surface area contributed by atoms with E-state index in [1.807, 2.05) is 18.2 Å². The molecule has 5 nitrogen and oxygen atoms in total. The predicted octanol–water partition coefficient (Wildman–Crippen LogP) is 3.25. The average Bonchev–Trinajstić information content (AvgIpc) is 2.97. The van der Waals surface area contributed by atoms with Gasteiger partial charge in [0.25, 0.3) is 5.91 Å².